The van der Waals surface area contributed by atoms with E-state index in [1.54, 1.807) is 41.0 Å². The fraction of sp³-hybridized carbons (Fsp3) is 0.435. The zero-order chi connectivity index (χ0) is 30.2. The first kappa shape index (κ1) is 36.4. The van der Waals surface area contributed by atoms with Crippen molar-refractivity contribution in [3.05, 3.63) is 30.1 Å². The van der Waals surface area contributed by atoms with E-state index in [1.165, 1.54) is 6.21 Å². The summed E-state index contributed by atoms with van der Waals surface area (Å²) in [6, 6.07) is 7.12. The second-order valence-electron chi connectivity index (χ2n) is 8.20. The summed E-state index contributed by atoms with van der Waals surface area (Å²) in [6.45, 7) is 1.89. The largest absolute Gasteiger partial charge is 1.00 e. The molecular formula is C23H32N11NaO7S. The molecule has 0 bridgehead atoms. The summed E-state index contributed by atoms with van der Waals surface area (Å²) in [4.78, 5) is 33.5. The van der Waals surface area contributed by atoms with Crippen molar-refractivity contribution in [3.8, 4) is 0 Å². The van der Waals surface area contributed by atoms with Crippen molar-refractivity contribution in [2.24, 2.45) is 4.99 Å². The summed E-state index contributed by atoms with van der Waals surface area (Å²) >= 11 is 0.723. The normalized spacial score (nSPS) is 10.9. The molecule has 0 atom stereocenters. The van der Waals surface area contributed by atoms with E-state index in [0.29, 0.717) is 23.1 Å². The number of aliphatic imine (C=N–C) groups is 1. The van der Waals surface area contributed by atoms with Crippen LogP contribution in [0.2, 0.25) is 0 Å². The fourth-order valence-electron chi connectivity index (χ4n) is 3.51. The van der Waals surface area contributed by atoms with Gasteiger partial charge in [0.05, 0.1) is 32.2 Å². The molecule has 0 fully saturated rings. The Morgan fingerprint density at radius 1 is 0.837 bits per heavy atom. The second kappa shape index (κ2) is 20.2. The van der Waals surface area contributed by atoms with Crippen LogP contribution in [0.5, 0.6) is 0 Å². The number of aromatic nitrogens is 6. The summed E-state index contributed by atoms with van der Waals surface area (Å²) < 4.78 is 4.20. The van der Waals surface area contributed by atoms with Crippen molar-refractivity contribution in [3.63, 3.8) is 0 Å². The van der Waals surface area contributed by atoms with Crippen molar-refractivity contribution in [2.45, 2.75) is 6.92 Å². The van der Waals surface area contributed by atoms with Gasteiger partial charge in [0.25, 0.3) is 5.95 Å². The SMILES string of the molecule is Cc1nc(Nc2cccc(Nc3nc(/N=C\CSOO[O-])nc(N(CCO)CCO)n3)c2)nc(N(CCO)CCO)n1.[Na+]. The average molecular weight is 630 g/mol. The third kappa shape index (κ3) is 12.4. The molecule has 3 aromatic rings. The van der Waals surface area contributed by atoms with Gasteiger partial charge in [-0.3, -0.25) is 5.04 Å². The van der Waals surface area contributed by atoms with E-state index in [1.807, 2.05) is 0 Å². The quantitative estimate of drug-likeness (QED) is 0.0185. The molecule has 6 N–H and O–H groups in total. The molecule has 3 rings (SSSR count). The first-order valence-corrected chi connectivity index (χ1v) is 13.6. The minimum absolute atomic E-state index is 0. The van der Waals surface area contributed by atoms with Crippen molar-refractivity contribution in [1.82, 2.24) is 29.9 Å². The first-order valence-electron chi connectivity index (χ1n) is 12.7. The molecule has 228 valence electrons. The van der Waals surface area contributed by atoms with E-state index in [4.69, 9.17) is 0 Å². The third-order valence-electron chi connectivity index (χ3n) is 5.19. The second-order valence-corrected chi connectivity index (χ2v) is 8.90. The van der Waals surface area contributed by atoms with Gasteiger partial charge in [-0.05, 0) is 25.1 Å². The molecule has 18 nitrogen and oxygen atoms in total. The van der Waals surface area contributed by atoms with Crippen molar-refractivity contribution in [2.75, 3.05) is 78.8 Å². The van der Waals surface area contributed by atoms with Gasteiger partial charge in [0.1, 0.15) is 5.82 Å². The summed E-state index contributed by atoms with van der Waals surface area (Å²) in [7, 11) is 0. The smallest absolute Gasteiger partial charge is 0.691 e. The molecule has 20 heteroatoms. The number of benzene rings is 1. The Balaban J connectivity index is 0.00000645. The molecule has 1 aromatic carbocycles. The zero-order valence-corrected chi connectivity index (χ0v) is 26.5. The van der Waals surface area contributed by atoms with Crippen LogP contribution in [0.15, 0.2) is 29.3 Å². The van der Waals surface area contributed by atoms with E-state index in [9.17, 15) is 25.7 Å². The Bertz CT molecular complexity index is 1270. The van der Waals surface area contributed by atoms with Gasteiger partial charge >= 0.3 is 29.6 Å². The Morgan fingerprint density at radius 2 is 1.37 bits per heavy atom. The van der Waals surface area contributed by atoms with E-state index in [2.05, 4.69) is 54.9 Å². The standard InChI is InChI=1S/C23H33N11O7S.Na/c1-16-25-20(31-22(26-16)33(6-10-35)7-11-36)27-17-3-2-4-18(15-17)28-21-29-19(24-5-14-42-41-40-39)30-23(32-21)34(8-12-37)9-13-38;/h2-5,15,35-39H,6-14H2,1H3,(H,25,26,27,31)(H,28,29,30,32);/q;+1/p-1/b24-5-;. The van der Waals surface area contributed by atoms with Crippen LogP contribution in [0.1, 0.15) is 5.82 Å². The minimum atomic E-state index is -0.194. The van der Waals surface area contributed by atoms with Gasteiger partial charge in [0.15, 0.2) is 0 Å². The molecule has 0 unspecified atom stereocenters. The number of anilines is 6. The Labute approximate surface area is 273 Å². The zero-order valence-electron chi connectivity index (χ0n) is 23.7. The molecule has 0 spiro atoms. The van der Waals surface area contributed by atoms with Crippen LogP contribution < -0.4 is 55.2 Å². The Kier molecular flexibility index (Phi) is 17.1. The number of hydrogen-bond donors (Lipinski definition) is 6. The predicted octanol–water partition coefficient (Wildman–Crippen LogP) is -3.99. The molecule has 0 aliphatic rings. The molecule has 0 aliphatic carbocycles. The van der Waals surface area contributed by atoms with Crippen LogP contribution in [0.3, 0.4) is 0 Å². The molecule has 0 amide bonds. The van der Waals surface area contributed by atoms with Crippen LogP contribution >= 0.6 is 12.0 Å². The molecule has 0 saturated heterocycles. The maximum atomic E-state index is 9.95. The molecule has 2 heterocycles. The monoisotopic (exact) mass is 629 g/mol. The molecule has 2 aromatic heterocycles. The minimum Gasteiger partial charge on any atom is -0.691 e. The number of hydrogen-bond acceptors (Lipinski definition) is 19. The van der Waals surface area contributed by atoms with E-state index >= 15 is 0 Å². The van der Waals surface area contributed by atoms with Crippen LogP contribution in [-0.2, 0) is 9.37 Å². The Morgan fingerprint density at radius 3 is 1.91 bits per heavy atom. The summed E-state index contributed by atoms with van der Waals surface area (Å²) in [6.07, 6.45) is 1.41. The first-order chi connectivity index (χ1) is 20.5. The van der Waals surface area contributed by atoms with Crippen molar-refractivity contribution in [1.29, 1.82) is 0 Å². The van der Waals surface area contributed by atoms with Crippen LogP contribution in [0, 0.1) is 6.92 Å². The summed E-state index contributed by atoms with van der Waals surface area (Å²) in [5, 5.41) is 57.1. The van der Waals surface area contributed by atoms with Crippen LogP contribution in [0.25, 0.3) is 0 Å². The Hall–Kier alpha value is -2.82. The molecule has 0 aliphatic heterocycles. The molecule has 43 heavy (non-hydrogen) atoms. The summed E-state index contributed by atoms with van der Waals surface area (Å²) in [5.41, 5.74) is 1.22. The van der Waals surface area contributed by atoms with Gasteiger partial charge in [0, 0.05) is 55.8 Å². The van der Waals surface area contributed by atoms with E-state index in [0.717, 1.165) is 12.0 Å². The summed E-state index contributed by atoms with van der Waals surface area (Å²) in [5.74, 6) is 1.55. The average Bonchev–Trinajstić information content (AvgIpc) is 2.96. The van der Waals surface area contributed by atoms with E-state index < -0.39 is 0 Å². The topological polar surface area (TPSA) is 243 Å². The number of aliphatic hydroxyl groups excluding tert-OH is 4. The molecular weight excluding hydrogens is 597 g/mol. The maximum absolute atomic E-state index is 9.95. The van der Waals surface area contributed by atoms with Crippen molar-refractivity contribution >= 4 is 59.4 Å². The predicted molar refractivity (Wildman–Crippen MR) is 153 cm³/mol. The van der Waals surface area contributed by atoms with Crippen molar-refractivity contribution < 1.29 is 64.6 Å². The number of nitrogens with one attached hydrogen (secondary N) is 2. The van der Waals surface area contributed by atoms with E-state index in [-0.39, 0.29) is 112 Å². The number of rotatable bonds is 19. The number of aryl methyl sites for hydroxylation is 1. The maximum Gasteiger partial charge on any atom is 1.00 e. The van der Waals surface area contributed by atoms with Crippen LogP contribution in [0.4, 0.5) is 41.1 Å². The number of nitrogens with zero attached hydrogens (tertiary/aromatic N) is 9. The number of aliphatic hydroxyl groups is 4. The third-order valence-corrected chi connectivity index (χ3v) is 5.63. The van der Waals surface area contributed by atoms with Crippen LogP contribution in [-0.4, -0.2) is 115 Å². The molecule has 0 saturated carbocycles. The fourth-order valence-corrected chi connectivity index (χ4v) is 3.74. The van der Waals surface area contributed by atoms with Gasteiger partial charge in [0.2, 0.25) is 23.8 Å². The van der Waals surface area contributed by atoms with Gasteiger partial charge < -0.3 is 46.1 Å². The van der Waals surface area contributed by atoms with Gasteiger partial charge in [-0.25, -0.2) is 4.99 Å². The van der Waals surface area contributed by atoms with Gasteiger partial charge in [-0.2, -0.15) is 34.2 Å². The molecule has 0 radical (unpaired) electrons. The van der Waals surface area contributed by atoms with Gasteiger partial charge in [-0.15, -0.1) is 0 Å². The van der Waals surface area contributed by atoms with Gasteiger partial charge in [-0.1, -0.05) is 6.07 Å².